The zero-order valence-corrected chi connectivity index (χ0v) is 10.7. The summed E-state index contributed by atoms with van der Waals surface area (Å²) < 4.78 is 0. The van der Waals surface area contributed by atoms with E-state index in [0.717, 1.165) is 0 Å². The summed E-state index contributed by atoms with van der Waals surface area (Å²) in [4.78, 5) is 2.61. The van der Waals surface area contributed by atoms with Gasteiger partial charge in [0, 0.05) is 5.41 Å². The Morgan fingerprint density at radius 1 is 1.18 bits per heavy atom. The maximum Gasteiger partial charge on any atom is 0.0165 e. The molecule has 0 atom stereocenters. The van der Waals surface area contributed by atoms with Crippen LogP contribution in [-0.4, -0.2) is 24.5 Å². The molecule has 1 spiro atoms. The zero-order valence-electron chi connectivity index (χ0n) is 10.7. The zero-order chi connectivity index (χ0) is 11.7. The molecular formula is C16H21N. The molecular weight excluding hydrogens is 206 g/mol. The third-order valence-corrected chi connectivity index (χ3v) is 4.37. The smallest absolute Gasteiger partial charge is 0.0165 e. The van der Waals surface area contributed by atoms with Crippen LogP contribution in [-0.2, 0) is 5.41 Å². The predicted molar refractivity (Wildman–Crippen MR) is 73.1 cm³/mol. The van der Waals surface area contributed by atoms with Crippen LogP contribution in [0, 0.1) is 0 Å². The molecule has 2 aliphatic rings. The lowest BCUT2D eigenvalue weighted by atomic mass is 9.74. The first kappa shape index (κ1) is 11.0. The van der Waals surface area contributed by atoms with Crippen molar-refractivity contribution in [3.63, 3.8) is 0 Å². The predicted octanol–water partition coefficient (Wildman–Crippen LogP) is 3.46. The van der Waals surface area contributed by atoms with Gasteiger partial charge in [-0.3, -0.25) is 0 Å². The van der Waals surface area contributed by atoms with E-state index in [-0.39, 0.29) is 0 Å². The maximum absolute atomic E-state index is 2.61. The largest absolute Gasteiger partial charge is 0.303 e. The Morgan fingerprint density at radius 2 is 1.94 bits per heavy atom. The minimum atomic E-state index is 0.362. The normalized spacial score (nSPS) is 21.9. The Morgan fingerprint density at radius 3 is 2.71 bits per heavy atom. The van der Waals surface area contributed by atoms with Crippen molar-refractivity contribution >= 4 is 6.08 Å². The summed E-state index contributed by atoms with van der Waals surface area (Å²) in [6.07, 6.45) is 8.65. The minimum absolute atomic E-state index is 0.362. The maximum atomic E-state index is 2.61. The van der Waals surface area contributed by atoms with Crippen molar-refractivity contribution in [2.24, 2.45) is 0 Å². The van der Waals surface area contributed by atoms with Crippen molar-refractivity contribution in [2.75, 3.05) is 19.6 Å². The number of fused-ring (bicyclic) bond motifs is 2. The lowest BCUT2D eigenvalue weighted by Gasteiger charge is -2.39. The van der Waals surface area contributed by atoms with Gasteiger partial charge in [-0.2, -0.15) is 0 Å². The second kappa shape index (κ2) is 4.30. The first-order valence-corrected chi connectivity index (χ1v) is 6.85. The quantitative estimate of drug-likeness (QED) is 0.748. The lowest BCUT2D eigenvalue weighted by Crippen LogP contribution is -2.41. The Labute approximate surface area is 104 Å². The average Bonchev–Trinajstić information content (AvgIpc) is 2.73. The Hall–Kier alpha value is -1.08. The van der Waals surface area contributed by atoms with Crippen molar-refractivity contribution < 1.29 is 0 Å². The monoisotopic (exact) mass is 227 g/mol. The number of allylic oxidation sites excluding steroid dienone is 1. The van der Waals surface area contributed by atoms with Gasteiger partial charge in [0.1, 0.15) is 0 Å². The molecule has 3 rings (SSSR count). The number of hydrogen-bond donors (Lipinski definition) is 0. The van der Waals surface area contributed by atoms with Crippen LogP contribution >= 0.6 is 0 Å². The molecule has 1 heteroatoms. The van der Waals surface area contributed by atoms with Crippen LogP contribution in [0.3, 0.4) is 0 Å². The molecule has 1 aromatic carbocycles. The Bertz CT molecular complexity index is 425. The lowest BCUT2D eigenvalue weighted by molar-refractivity contribution is 0.185. The van der Waals surface area contributed by atoms with Gasteiger partial charge in [0.2, 0.25) is 0 Å². The molecule has 0 radical (unpaired) electrons. The van der Waals surface area contributed by atoms with Gasteiger partial charge >= 0.3 is 0 Å². The Kier molecular flexibility index (Phi) is 2.79. The van der Waals surface area contributed by atoms with E-state index < -0.39 is 0 Å². The summed E-state index contributed by atoms with van der Waals surface area (Å²) in [7, 11) is 0. The number of piperidine rings is 1. The van der Waals surface area contributed by atoms with E-state index in [1.165, 1.54) is 44.5 Å². The third kappa shape index (κ3) is 1.83. The van der Waals surface area contributed by atoms with Crippen LogP contribution in [0.4, 0.5) is 0 Å². The first-order chi connectivity index (χ1) is 8.34. The van der Waals surface area contributed by atoms with Gasteiger partial charge in [0.15, 0.2) is 0 Å². The summed E-state index contributed by atoms with van der Waals surface area (Å²) >= 11 is 0. The molecule has 1 heterocycles. The van der Waals surface area contributed by atoms with Crippen LogP contribution in [0.15, 0.2) is 30.3 Å². The summed E-state index contributed by atoms with van der Waals surface area (Å²) in [6.45, 7) is 6.05. The van der Waals surface area contributed by atoms with Crippen molar-refractivity contribution in [1.82, 2.24) is 4.90 Å². The van der Waals surface area contributed by atoms with Crippen LogP contribution < -0.4 is 0 Å². The molecule has 0 saturated carbocycles. The highest BCUT2D eigenvalue weighted by atomic mass is 15.1. The SMILES string of the molecule is CCCN1CCC2(C=Cc3ccccc32)CC1. The minimum Gasteiger partial charge on any atom is -0.303 e. The molecule has 1 fully saturated rings. The van der Waals surface area contributed by atoms with Gasteiger partial charge in [0.05, 0.1) is 0 Å². The number of hydrogen-bond acceptors (Lipinski definition) is 1. The van der Waals surface area contributed by atoms with Gasteiger partial charge in [-0.15, -0.1) is 0 Å². The molecule has 0 aromatic heterocycles. The van der Waals surface area contributed by atoms with Gasteiger partial charge < -0.3 is 4.90 Å². The molecule has 0 bridgehead atoms. The number of benzene rings is 1. The molecule has 0 amide bonds. The molecule has 0 N–H and O–H groups in total. The Balaban J connectivity index is 1.80. The molecule has 90 valence electrons. The summed E-state index contributed by atoms with van der Waals surface area (Å²) in [5.74, 6) is 0. The molecule has 1 aromatic rings. The fourth-order valence-electron chi connectivity index (χ4n) is 3.36. The van der Waals surface area contributed by atoms with E-state index in [1.807, 2.05) is 0 Å². The summed E-state index contributed by atoms with van der Waals surface area (Å²) in [5.41, 5.74) is 3.37. The molecule has 1 aliphatic heterocycles. The average molecular weight is 227 g/mol. The fraction of sp³-hybridized carbons (Fsp3) is 0.500. The van der Waals surface area contributed by atoms with Crippen LogP contribution in [0.1, 0.15) is 37.3 Å². The van der Waals surface area contributed by atoms with E-state index in [1.54, 1.807) is 5.56 Å². The molecule has 1 nitrogen and oxygen atoms in total. The van der Waals surface area contributed by atoms with E-state index in [9.17, 15) is 0 Å². The second-order valence-corrected chi connectivity index (χ2v) is 5.42. The van der Waals surface area contributed by atoms with Gasteiger partial charge in [-0.1, -0.05) is 43.3 Å². The van der Waals surface area contributed by atoms with Crippen molar-refractivity contribution in [3.05, 3.63) is 41.5 Å². The van der Waals surface area contributed by atoms with Gasteiger partial charge in [-0.05, 0) is 50.0 Å². The summed E-state index contributed by atoms with van der Waals surface area (Å²) in [6, 6.07) is 8.91. The highest BCUT2D eigenvalue weighted by Crippen LogP contribution is 2.43. The standard InChI is InChI=1S/C16H21N/c1-2-11-17-12-9-16(10-13-17)8-7-14-5-3-4-6-15(14)16/h3-8H,2,9-13H2,1H3. The fourth-order valence-corrected chi connectivity index (χ4v) is 3.36. The highest BCUT2D eigenvalue weighted by molar-refractivity contribution is 5.65. The van der Waals surface area contributed by atoms with Crippen LogP contribution in [0.2, 0.25) is 0 Å². The number of rotatable bonds is 2. The summed E-state index contributed by atoms with van der Waals surface area (Å²) in [5, 5.41) is 0. The first-order valence-electron chi connectivity index (χ1n) is 6.85. The molecule has 1 aliphatic carbocycles. The number of nitrogens with zero attached hydrogens (tertiary/aromatic N) is 1. The van der Waals surface area contributed by atoms with E-state index in [2.05, 4.69) is 48.2 Å². The van der Waals surface area contributed by atoms with Crippen molar-refractivity contribution in [1.29, 1.82) is 0 Å². The number of likely N-dealkylation sites (tertiary alicyclic amines) is 1. The van der Waals surface area contributed by atoms with E-state index in [0.29, 0.717) is 5.41 Å². The third-order valence-electron chi connectivity index (χ3n) is 4.37. The molecule has 0 unspecified atom stereocenters. The van der Waals surface area contributed by atoms with Crippen molar-refractivity contribution in [2.45, 2.75) is 31.6 Å². The van der Waals surface area contributed by atoms with E-state index in [4.69, 9.17) is 0 Å². The highest BCUT2D eigenvalue weighted by Gasteiger charge is 2.37. The molecule has 17 heavy (non-hydrogen) atoms. The molecule has 1 saturated heterocycles. The van der Waals surface area contributed by atoms with Crippen LogP contribution in [0.25, 0.3) is 6.08 Å². The second-order valence-electron chi connectivity index (χ2n) is 5.42. The topological polar surface area (TPSA) is 3.24 Å². The van der Waals surface area contributed by atoms with Crippen molar-refractivity contribution in [3.8, 4) is 0 Å². The van der Waals surface area contributed by atoms with Gasteiger partial charge in [-0.25, -0.2) is 0 Å². The van der Waals surface area contributed by atoms with Crippen LogP contribution in [0.5, 0.6) is 0 Å². The van der Waals surface area contributed by atoms with E-state index >= 15 is 0 Å². The van der Waals surface area contributed by atoms with Gasteiger partial charge in [0.25, 0.3) is 0 Å².